The molecule has 0 atom stereocenters. The molecule has 0 fully saturated rings. The molecule has 0 spiro atoms. The maximum absolute atomic E-state index is 8.25. The van der Waals surface area contributed by atoms with Crippen LogP contribution in [0.2, 0.25) is 0 Å². The third kappa shape index (κ3) is 4450. The standard InChI is InChI=1S/Co.NO3.6H3NO/c;2-1(3)4;6*1-2/h;;6*2H,1H2/q;-1;;;;;;. The third-order valence-corrected chi connectivity index (χ3v) is 0. The fourth-order valence-corrected chi connectivity index (χ4v) is 0. The Morgan fingerprint density at radius 1 is 0.588 bits per heavy atom. The average molecular weight is 319 g/mol. The summed E-state index contributed by atoms with van der Waals surface area (Å²) in [5, 5.41) is 53.8. The molecular formula is H18CoN7O9-. The van der Waals surface area contributed by atoms with E-state index in [2.05, 4.69) is 35.4 Å². The van der Waals surface area contributed by atoms with Gasteiger partial charge < -0.3 is 46.6 Å². The summed E-state index contributed by atoms with van der Waals surface area (Å²) < 4.78 is 0. The second kappa shape index (κ2) is 622. The van der Waals surface area contributed by atoms with Crippen molar-refractivity contribution in [1.29, 1.82) is 0 Å². The molecule has 16 nitrogen and oxygen atoms in total. The van der Waals surface area contributed by atoms with Crippen molar-refractivity contribution in [2.45, 2.75) is 0 Å². The average Bonchev–Trinajstić information content (AvgIpc) is 2.42. The predicted octanol–water partition coefficient (Wildman–Crippen LogP) is -4.24. The van der Waals surface area contributed by atoms with E-state index in [9.17, 15) is 0 Å². The van der Waals surface area contributed by atoms with Gasteiger partial charge in [0.2, 0.25) is 0 Å². The zero-order valence-corrected chi connectivity index (χ0v) is 9.19. The van der Waals surface area contributed by atoms with E-state index in [4.69, 9.17) is 46.6 Å². The SMILES string of the molecule is NO.NO.NO.NO.NO.NO.O=[N+]([O-])[O-].[Co]. The Bertz CT molecular complexity index is 44.3. The van der Waals surface area contributed by atoms with Crippen LogP contribution in [0.3, 0.4) is 0 Å². The van der Waals surface area contributed by atoms with Crippen LogP contribution in [0.5, 0.6) is 0 Å². The molecule has 0 rings (SSSR count). The minimum absolute atomic E-state index is 0. The van der Waals surface area contributed by atoms with E-state index in [0.29, 0.717) is 0 Å². The topological polar surface area (TPSA) is 344 Å². The van der Waals surface area contributed by atoms with Crippen LogP contribution in [0.4, 0.5) is 0 Å². The van der Waals surface area contributed by atoms with Gasteiger partial charge in [-0.3, -0.25) is 0 Å². The summed E-state index contributed by atoms with van der Waals surface area (Å²) in [4.78, 5) is 8.25. The summed E-state index contributed by atoms with van der Waals surface area (Å²) in [5.74, 6) is 21.0. The Labute approximate surface area is 105 Å². The van der Waals surface area contributed by atoms with Crippen LogP contribution >= 0.6 is 0 Å². The molecule has 18 N–H and O–H groups in total. The van der Waals surface area contributed by atoms with Gasteiger partial charge in [0, 0.05) is 16.8 Å². The molecule has 0 heterocycles. The molecule has 0 unspecified atom stereocenters. The Morgan fingerprint density at radius 2 is 0.588 bits per heavy atom. The first-order chi connectivity index (χ1) is 7.73. The molecule has 0 amide bonds. The number of nitrogens with two attached hydrogens (primary N) is 6. The second-order valence-corrected chi connectivity index (χ2v) is 0.224. The minimum atomic E-state index is -1.75. The van der Waals surface area contributed by atoms with Crippen molar-refractivity contribution in [1.82, 2.24) is 0 Å². The van der Waals surface area contributed by atoms with Crippen molar-refractivity contribution in [3.8, 4) is 0 Å². The van der Waals surface area contributed by atoms with Gasteiger partial charge in [0.25, 0.3) is 0 Å². The Kier molecular flexibility index (Phi) is 2030. The quantitative estimate of drug-likeness (QED) is 0.148. The van der Waals surface area contributed by atoms with Gasteiger partial charge >= 0.3 is 0 Å². The summed E-state index contributed by atoms with van der Waals surface area (Å²) in [7, 11) is 0. The van der Waals surface area contributed by atoms with Gasteiger partial charge in [0.15, 0.2) is 0 Å². The largest absolute Gasteiger partial charge is 0.356 e. The molecule has 0 aromatic rings. The summed E-state index contributed by atoms with van der Waals surface area (Å²) in [6, 6.07) is 0. The predicted molar refractivity (Wildman–Crippen MR) is 46.2 cm³/mol. The van der Waals surface area contributed by atoms with Crippen LogP contribution in [0.25, 0.3) is 0 Å². The summed E-state index contributed by atoms with van der Waals surface area (Å²) in [5.41, 5.74) is 0. The van der Waals surface area contributed by atoms with Gasteiger partial charge in [0.05, 0.1) is 5.09 Å². The van der Waals surface area contributed by atoms with E-state index >= 15 is 0 Å². The van der Waals surface area contributed by atoms with Gasteiger partial charge in [0.1, 0.15) is 0 Å². The van der Waals surface area contributed by atoms with Crippen LogP contribution in [0.1, 0.15) is 0 Å². The van der Waals surface area contributed by atoms with E-state index in [1.165, 1.54) is 0 Å². The molecule has 0 aliphatic carbocycles. The normalized spacial score (nSPS) is 3.53. The van der Waals surface area contributed by atoms with Crippen LogP contribution in [0, 0.1) is 15.3 Å². The van der Waals surface area contributed by atoms with Crippen molar-refractivity contribution in [3.63, 3.8) is 0 Å². The fourth-order valence-electron chi connectivity index (χ4n) is 0. The molecule has 0 aliphatic heterocycles. The molecule has 0 aliphatic rings. The van der Waals surface area contributed by atoms with E-state index in [0.717, 1.165) is 0 Å². The van der Waals surface area contributed by atoms with Crippen LogP contribution in [-0.2, 0) is 16.8 Å². The second-order valence-electron chi connectivity index (χ2n) is 0.224. The fraction of sp³-hybridized carbons (Fsp3) is 0. The maximum atomic E-state index is 8.25. The molecular weight excluding hydrogens is 301 g/mol. The molecule has 17 heavy (non-hydrogen) atoms. The Morgan fingerprint density at radius 3 is 0.588 bits per heavy atom. The molecule has 0 aromatic carbocycles. The van der Waals surface area contributed by atoms with E-state index in [1.807, 2.05) is 0 Å². The van der Waals surface area contributed by atoms with Crippen molar-refractivity contribution in [3.05, 3.63) is 15.3 Å². The van der Waals surface area contributed by atoms with Gasteiger partial charge in [-0.15, -0.1) is 0 Å². The van der Waals surface area contributed by atoms with Gasteiger partial charge in [-0.2, -0.15) is 0 Å². The van der Waals surface area contributed by atoms with E-state index in [1.54, 1.807) is 0 Å². The van der Waals surface area contributed by atoms with Crippen molar-refractivity contribution in [2.75, 3.05) is 0 Å². The Hall–Kier alpha value is -0.774. The van der Waals surface area contributed by atoms with Crippen LogP contribution in [0.15, 0.2) is 0 Å². The molecule has 0 bridgehead atoms. The zero-order valence-electron chi connectivity index (χ0n) is 8.15. The first-order valence-electron chi connectivity index (χ1n) is 2.10. The van der Waals surface area contributed by atoms with Gasteiger partial charge in [-0.25, -0.2) is 35.4 Å². The monoisotopic (exact) mass is 319 g/mol. The van der Waals surface area contributed by atoms with Crippen LogP contribution in [-0.4, -0.2) is 36.3 Å². The number of hydrogen-bond acceptors (Lipinski definition) is 15. The van der Waals surface area contributed by atoms with E-state index < -0.39 is 5.09 Å². The van der Waals surface area contributed by atoms with E-state index in [-0.39, 0.29) is 16.8 Å². The molecule has 0 saturated carbocycles. The van der Waals surface area contributed by atoms with Crippen molar-refractivity contribution < 1.29 is 53.1 Å². The number of nitrogens with zero attached hydrogens (tertiary/aromatic N) is 1. The van der Waals surface area contributed by atoms with Gasteiger partial charge in [-0.1, -0.05) is 0 Å². The third-order valence-electron chi connectivity index (χ3n) is 0. The molecule has 17 heteroatoms. The molecule has 1 radical (unpaired) electrons. The van der Waals surface area contributed by atoms with Crippen LogP contribution < -0.4 is 35.4 Å². The number of hydrogen-bond donors (Lipinski definition) is 12. The molecule has 0 aromatic heterocycles. The Balaban J connectivity index is -0.00000000946. The summed E-state index contributed by atoms with van der Waals surface area (Å²) in [6.07, 6.45) is 0. The van der Waals surface area contributed by atoms with Crippen molar-refractivity contribution >= 4 is 0 Å². The molecule has 117 valence electrons. The van der Waals surface area contributed by atoms with Gasteiger partial charge in [-0.05, 0) is 0 Å². The number of rotatable bonds is 0. The molecule has 0 saturated heterocycles. The maximum Gasteiger partial charge on any atom is 0.0689 e. The minimum Gasteiger partial charge on any atom is -0.356 e. The smallest absolute Gasteiger partial charge is 0.0689 e. The summed E-state index contributed by atoms with van der Waals surface area (Å²) in [6.45, 7) is 0. The first-order valence-corrected chi connectivity index (χ1v) is 2.10. The first kappa shape index (κ1) is 55.6. The van der Waals surface area contributed by atoms with Crippen molar-refractivity contribution in [2.24, 2.45) is 35.4 Å². The zero-order chi connectivity index (χ0) is 15.6. The summed E-state index contributed by atoms with van der Waals surface area (Å²) >= 11 is 0.